The Balaban J connectivity index is 1.96. The van der Waals surface area contributed by atoms with Gasteiger partial charge in [-0.2, -0.15) is 0 Å². The number of rotatable bonds is 4. The highest BCUT2D eigenvalue weighted by molar-refractivity contribution is 9.10. The van der Waals surface area contributed by atoms with E-state index in [1.165, 1.54) is 6.42 Å². The molecule has 19 heavy (non-hydrogen) atoms. The highest BCUT2D eigenvalue weighted by Gasteiger charge is 2.22. The van der Waals surface area contributed by atoms with Crippen molar-refractivity contribution in [3.63, 3.8) is 0 Å². The third-order valence-corrected chi connectivity index (χ3v) is 4.29. The SMILES string of the molecule is O=C(O)c1ccc(NCC2CCCCC2O)cc1Br. The van der Waals surface area contributed by atoms with Crippen molar-refractivity contribution >= 4 is 27.6 Å². The summed E-state index contributed by atoms with van der Waals surface area (Å²) in [4.78, 5) is 10.9. The number of carboxylic acids is 1. The van der Waals surface area contributed by atoms with Crippen LogP contribution in [0.25, 0.3) is 0 Å². The molecule has 104 valence electrons. The van der Waals surface area contributed by atoms with Gasteiger partial charge < -0.3 is 15.5 Å². The Kier molecular flexibility index (Phi) is 4.82. The molecule has 0 aromatic heterocycles. The van der Waals surface area contributed by atoms with Gasteiger partial charge in [0.05, 0.1) is 11.7 Å². The van der Waals surface area contributed by atoms with Crippen LogP contribution in [0.15, 0.2) is 22.7 Å². The van der Waals surface area contributed by atoms with Gasteiger partial charge in [0.2, 0.25) is 0 Å². The largest absolute Gasteiger partial charge is 0.478 e. The first-order chi connectivity index (χ1) is 9.08. The van der Waals surface area contributed by atoms with Crippen LogP contribution in [-0.2, 0) is 0 Å². The van der Waals surface area contributed by atoms with Gasteiger partial charge in [0, 0.05) is 22.6 Å². The predicted octanol–water partition coefficient (Wildman–Crippen LogP) is 3.11. The zero-order chi connectivity index (χ0) is 13.8. The molecule has 0 heterocycles. The molecule has 2 unspecified atom stereocenters. The molecule has 0 bridgehead atoms. The Morgan fingerprint density at radius 2 is 2.11 bits per heavy atom. The van der Waals surface area contributed by atoms with Crippen LogP contribution in [0.5, 0.6) is 0 Å². The smallest absolute Gasteiger partial charge is 0.336 e. The van der Waals surface area contributed by atoms with Crippen LogP contribution in [-0.4, -0.2) is 28.8 Å². The van der Waals surface area contributed by atoms with E-state index >= 15 is 0 Å². The maximum absolute atomic E-state index is 10.9. The number of hydrogen-bond donors (Lipinski definition) is 3. The summed E-state index contributed by atoms with van der Waals surface area (Å²) in [6, 6.07) is 5.09. The van der Waals surface area contributed by atoms with E-state index in [1.54, 1.807) is 18.2 Å². The van der Waals surface area contributed by atoms with Gasteiger partial charge in [-0.1, -0.05) is 12.8 Å². The van der Waals surface area contributed by atoms with E-state index in [2.05, 4.69) is 21.2 Å². The van der Waals surface area contributed by atoms with Gasteiger partial charge in [-0.05, 0) is 47.0 Å². The lowest BCUT2D eigenvalue weighted by Gasteiger charge is -2.28. The van der Waals surface area contributed by atoms with E-state index in [9.17, 15) is 9.90 Å². The van der Waals surface area contributed by atoms with Crippen molar-refractivity contribution in [2.24, 2.45) is 5.92 Å². The minimum Gasteiger partial charge on any atom is -0.478 e. The van der Waals surface area contributed by atoms with Crippen molar-refractivity contribution in [2.45, 2.75) is 31.8 Å². The van der Waals surface area contributed by atoms with E-state index in [0.29, 0.717) is 4.47 Å². The molecule has 1 aromatic rings. The summed E-state index contributed by atoms with van der Waals surface area (Å²) >= 11 is 3.26. The van der Waals surface area contributed by atoms with Crippen LogP contribution in [0.4, 0.5) is 5.69 Å². The van der Waals surface area contributed by atoms with Gasteiger partial charge in [0.25, 0.3) is 0 Å². The van der Waals surface area contributed by atoms with Crippen LogP contribution in [0.3, 0.4) is 0 Å². The monoisotopic (exact) mass is 327 g/mol. The number of benzene rings is 1. The molecule has 0 aliphatic heterocycles. The Morgan fingerprint density at radius 1 is 1.37 bits per heavy atom. The highest BCUT2D eigenvalue weighted by Crippen LogP contribution is 2.26. The summed E-state index contributed by atoms with van der Waals surface area (Å²) < 4.78 is 0.564. The summed E-state index contributed by atoms with van der Waals surface area (Å²) in [7, 11) is 0. The summed E-state index contributed by atoms with van der Waals surface area (Å²) in [6.45, 7) is 0.722. The van der Waals surface area contributed by atoms with Crippen LogP contribution < -0.4 is 5.32 Å². The molecule has 4 nitrogen and oxygen atoms in total. The molecular weight excluding hydrogens is 310 g/mol. The number of halogens is 1. The van der Waals surface area contributed by atoms with Gasteiger partial charge in [-0.3, -0.25) is 0 Å². The predicted molar refractivity (Wildman–Crippen MR) is 77.6 cm³/mol. The van der Waals surface area contributed by atoms with Gasteiger partial charge in [-0.15, -0.1) is 0 Å². The minimum atomic E-state index is -0.943. The summed E-state index contributed by atoms with van der Waals surface area (Å²) in [5, 5.41) is 22.1. The number of carbonyl (C=O) groups is 1. The van der Waals surface area contributed by atoms with Crippen molar-refractivity contribution < 1.29 is 15.0 Å². The van der Waals surface area contributed by atoms with Crippen LogP contribution in [0, 0.1) is 5.92 Å². The average molecular weight is 328 g/mol. The Hall–Kier alpha value is -1.07. The normalized spacial score (nSPS) is 23.1. The van der Waals surface area contributed by atoms with Crippen molar-refractivity contribution in [2.75, 3.05) is 11.9 Å². The highest BCUT2D eigenvalue weighted by atomic mass is 79.9. The first-order valence-electron chi connectivity index (χ1n) is 6.52. The molecule has 1 aromatic carbocycles. The van der Waals surface area contributed by atoms with Crippen molar-refractivity contribution in [3.8, 4) is 0 Å². The lowest BCUT2D eigenvalue weighted by molar-refractivity contribution is 0.0696. The first kappa shape index (κ1) is 14.3. The zero-order valence-corrected chi connectivity index (χ0v) is 12.2. The second kappa shape index (κ2) is 6.39. The Labute approximate surface area is 121 Å². The van der Waals surface area contributed by atoms with Gasteiger partial charge in [0.1, 0.15) is 0 Å². The van der Waals surface area contributed by atoms with Crippen LogP contribution in [0.1, 0.15) is 36.0 Å². The molecule has 1 fully saturated rings. The zero-order valence-electron chi connectivity index (χ0n) is 10.6. The van der Waals surface area contributed by atoms with E-state index in [0.717, 1.165) is 31.5 Å². The van der Waals surface area contributed by atoms with Crippen LogP contribution in [0.2, 0.25) is 0 Å². The number of anilines is 1. The van der Waals surface area contributed by atoms with Crippen molar-refractivity contribution in [3.05, 3.63) is 28.2 Å². The lowest BCUT2D eigenvalue weighted by atomic mass is 9.86. The van der Waals surface area contributed by atoms with Gasteiger partial charge >= 0.3 is 5.97 Å². The topological polar surface area (TPSA) is 69.6 Å². The van der Waals surface area contributed by atoms with Gasteiger partial charge in [-0.25, -0.2) is 4.79 Å². The number of aliphatic hydroxyl groups excluding tert-OH is 1. The molecule has 1 aliphatic rings. The van der Waals surface area contributed by atoms with E-state index < -0.39 is 5.97 Å². The number of carboxylic acid groups (broad SMARTS) is 1. The molecule has 2 atom stereocenters. The number of aromatic carboxylic acids is 1. The second-order valence-electron chi connectivity index (χ2n) is 4.99. The van der Waals surface area contributed by atoms with E-state index in [4.69, 9.17) is 5.11 Å². The number of nitrogens with one attached hydrogen (secondary N) is 1. The molecular formula is C14H18BrNO3. The molecule has 1 aliphatic carbocycles. The molecule has 5 heteroatoms. The van der Waals surface area contributed by atoms with Crippen molar-refractivity contribution in [1.82, 2.24) is 0 Å². The molecule has 0 saturated heterocycles. The van der Waals surface area contributed by atoms with E-state index in [-0.39, 0.29) is 17.6 Å². The standard InChI is InChI=1S/C14H18BrNO3/c15-12-7-10(5-6-11(12)14(18)19)16-8-9-3-1-2-4-13(9)17/h5-7,9,13,16-17H,1-4,8H2,(H,18,19). The summed E-state index contributed by atoms with van der Waals surface area (Å²) in [6.07, 6.45) is 3.99. The Bertz CT molecular complexity index is 464. The molecule has 0 spiro atoms. The molecule has 1 saturated carbocycles. The van der Waals surface area contributed by atoms with Crippen LogP contribution >= 0.6 is 15.9 Å². The second-order valence-corrected chi connectivity index (χ2v) is 5.85. The number of aliphatic hydroxyl groups is 1. The first-order valence-corrected chi connectivity index (χ1v) is 7.32. The van der Waals surface area contributed by atoms with Gasteiger partial charge in [0.15, 0.2) is 0 Å². The fourth-order valence-corrected chi connectivity index (χ4v) is 3.02. The molecule has 2 rings (SSSR count). The fourth-order valence-electron chi connectivity index (χ4n) is 2.47. The quantitative estimate of drug-likeness (QED) is 0.794. The lowest BCUT2D eigenvalue weighted by Crippen LogP contribution is -2.30. The van der Waals surface area contributed by atoms with E-state index in [1.807, 2.05) is 0 Å². The third kappa shape index (κ3) is 3.70. The molecule has 0 amide bonds. The number of hydrogen-bond acceptors (Lipinski definition) is 3. The average Bonchev–Trinajstić information content (AvgIpc) is 2.37. The fraction of sp³-hybridized carbons (Fsp3) is 0.500. The molecule has 0 radical (unpaired) electrons. The summed E-state index contributed by atoms with van der Waals surface area (Å²) in [5.41, 5.74) is 1.12. The third-order valence-electron chi connectivity index (χ3n) is 3.64. The maximum atomic E-state index is 10.9. The van der Waals surface area contributed by atoms with Crippen molar-refractivity contribution in [1.29, 1.82) is 0 Å². The Morgan fingerprint density at radius 3 is 2.74 bits per heavy atom. The summed E-state index contributed by atoms with van der Waals surface area (Å²) in [5.74, 6) is -0.659. The molecule has 3 N–H and O–H groups in total. The minimum absolute atomic E-state index is 0.219. The maximum Gasteiger partial charge on any atom is 0.336 e.